The quantitative estimate of drug-likeness (QED) is 0.817. The third-order valence-corrected chi connectivity index (χ3v) is 6.18. The van der Waals surface area contributed by atoms with Gasteiger partial charge in [0.05, 0.1) is 17.6 Å². The molecule has 0 saturated carbocycles. The Morgan fingerprint density at radius 3 is 2.70 bits per heavy atom. The van der Waals surface area contributed by atoms with Gasteiger partial charge in [0, 0.05) is 25.2 Å². The van der Waals surface area contributed by atoms with Crippen molar-refractivity contribution in [2.75, 3.05) is 32.9 Å². The van der Waals surface area contributed by atoms with Crippen molar-refractivity contribution >= 4 is 15.9 Å². The molecule has 1 amide bonds. The van der Waals surface area contributed by atoms with Crippen LogP contribution in [0.4, 0.5) is 4.39 Å². The van der Waals surface area contributed by atoms with E-state index < -0.39 is 22.6 Å². The summed E-state index contributed by atoms with van der Waals surface area (Å²) < 4.78 is 45.4. The first-order valence-corrected chi connectivity index (χ1v) is 10.1. The standard InChI is InChI=1S/C19H21FN2O4S/c20-9-10-21-19(23)16-7-4-8-17(13-16)27(24,25)22-11-12-26-18(14-22)15-5-2-1-3-6-15/h1-8,13,18H,9-12,14H2,(H,21,23)/t18-/m1/s1. The number of alkyl halides is 1. The largest absolute Gasteiger partial charge is 0.371 e. The number of hydrogen-bond donors (Lipinski definition) is 1. The lowest BCUT2D eigenvalue weighted by molar-refractivity contribution is -0.00255. The van der Waals surface area contributed by atoms with E-state index in [1.165, 1.54) is 28.6 Å². The molecule has 2 aromatic rings. The number of sulfonamides is 1. The van der Waals surface area contributed by atoms with Gasteiger partial charge in [-0.3, -0.25) is 4.79 Å². The van der Waals surface area contributed by atoms with Crippen molar-refractivity contribution in [1.82, 2.24) is 9.62 Å². The Morgan fingerprint density at radius 1 is 1.19 bits per heavy atom. The van der Waals surface area contributed by atoms with E-state index in [9.17, 15) is 17.6 Å². The zero-order valence-corrected chi connectivity index (χ0v) is 15.5. The first-order chi connectivity index (χ1) is 13.0. The highest BCUT2D eigenvalue weighted by molar-refractivity contribution is 7.89. The van der Waals surface area contributed by atoms with Crippen LogP contribution in [-0.2, 0) is 14.8 Å². The second-order valence-electron chi connectivity index (χ2n) is 6.11. The number of hydrogen-bond acceptors (Lipinski definition) is 4. The normalized spacial score (nSPS) is 18.2. The molecule has 8 heteroatoms. The molecule has 3 rings (SSSR count). The SMILES string of the molecule is O=C(NCCF)c1cccc(S(=O)(=O)N2CCO[C@@H](c3ccccc3)C2)c1. The van der Waals surface area contributed by atoms with Crippen LogP contribution in [0.1, 0.15) is 22.0 Å². The molecule has 0 spiro atoms. The van der Waals surface area contributed by atoms with Crippen LogP contribution in [0.15, 0.2) is 59.5 Å². The Labute approximate surface area is 158 Å². The van der Waals surface area contributed by atoms with Gasteiger partial charge in [0.25, 0.3) is 5.91 Å². The third-order valence-electron chi connectivity index (χ3n) is 4.31. The first-order valence-electron chi connectivity index (χ1n) is 8.63. The average molecular weight is 392 g/mol. The summed E-state index contributed by atoms with van der Waals surface area (Å²) in [5.41, 5.74) is 1.09. The number of rotatable bonds is 6. The van der Waals surface area contributed by atoms with Crippen LogP contribution in [0.25, 0.3) is 0 Å². The summed E-state index contributed by atoms with van der Waals surface area (Å²) in [6.45, 7) is -0.0690. The molecule has 0 radical (unpaired) electrons. The number of halogens is 1. The van der Waals surface area contributed by atoms with E-state index in [4.69, 9.17) is 4.74 Å². The molecule has 1 aliphatic heterocycles. The van der Waals surface area contributed by atoms with Crippen LogP contribution in [0.2, 0.25) is 0 Å². The van der Waals surface area contributed by atoms with Crippen molar-refractivity contribution in [3.8, 4) is 0 Å². The zero-order chi connectivity index (χ0) is 19.3. The average Bonchev–Trinajstić information content (AvgIpc) is 2.73. The Balaban J connectivity index is 1.80. The van der Waals surface area contributed by atoms with Crippen molar-refractivity contribution in [2.24, 2.45) is 0 Å². The van der Waals surface area contributed by atoms with Crippen LogP contribution in [0, 0.1) is 0 Å². The van der Waals surface area contributed by atoms with Gasteiger partial charge >= 0.3 is 0 Å². The molecule has 0 aromatic heterocycles. The minimum atomic E-state index is -3.78. The molecular weight excluding hydrogens is 371 g/mol. The highest BCUT2D eigenvalue weighted by atomic mass is 32.2. The lowest BCUT2D eigenvalue weighted by atomic mass is 10.1. The summed E-state index contributed by atoms with van der Waals surface area (Å²) >= 11 is 0. The number of benzene rings is 2. The Bertz CT molecular complexity index is 890. The van der Waals surface area contributed by atoms with E-state index in [0.29, 0.717) is 0 Å². The fourth-order valence-electron chi connectivity index (χ4n) is 2.92. The lowest BCUT2D eigenvalue weighted by Crippen LogP contribution is -2.42. The molecule has 1 atom stereocenters. The van der Waals surface area contributed by atoms with Crippen LogP contribution in [0.5, 0.6) is 0 Å². The summed E-state index contributed by atoms with van der Waals surface area (Å²) in [4.78, 5) is 12.0. The third kappa shape index (κ3) is 4.52. The van der Waals surface area contributed by atoms with Crippen LogP contribution in [0.3, 0.4) is 0 Å². The Hall–Kier alpha value is -2.29. The molecule has 144 valence electrons. The van der Waals surface area contributed by atoms with Crippen LogP contribution in [-0.4, -0.2) is 51.5 Å². The molecule has 1 aliphatic rings. The summed E-state index contributed by atoms with van der Waals surface area (Å²) in [5, 5.41) is 2.39. The van der Waals surface area contributed by atoms with Crippen molar-refractivity contribution < 1.29 is 22.3 Å². The molecule has 0 bridgehead atoms. The molecule has 2 aromatic carbocycles. The maximum Gasteiger partial charge on any atom is 0.251 e. The Kier molecular flexibility index (Phi) is 6.20. The Morgan fingerprint density at radius 2 is 1.96 bits per heavy atom. The maximum absolute atomic E-state index is 13.0. The lowest BCUT2D eigenvalue weighted by Gasteiger charge is -2.32. The van der Waals surface area contributed by atoms with E-state index in [2.05, 4.69) is 5.32 Å². The highest BCUT2D eigenvalue weighted by Crippen LogP contribution is 2.26. The number of carbonyl (C=O) groups excluding carboxylic acids is 1. The van der Waals surface area contributed by atoms with Gasteiger partial charge < -0.3 is 10.1 Å². The van der Waals surface area contributed by atoms with E-state index in [-0.39, 0.29) is 42.8 Å². The minimum Gasteiger partial charge on any atom is -0.371 e. The van der Waals surface area contributed by atoms with E-state index >= 15 is 0 Å². The summed E-state index contributed by atoms with van der Waals surface area (Å²) in [6, 6.07) is 15.2. The molecule has 1 fully saturated rings. The maximum atomic E-state index is 13.0. The van der Waals surface area contributed by atoms with Crippen LogP contribution < -0.4 is 5.32 Å². The monoisotopic (exact) mass is 392 g/mol. The van der Waals surface area contributed by atoms with E-state index in [1.807, 2.05) is 30.3 Å². The van der Waals surface area contributed by atoms with E-state index in [1.54, 1.807) is 0 Å². The molecule has 0 aliphatic carbocycles. The predicted octanol–water partition coefficient (Wildman–Crippen LogP) is 2.15. The molecule has 1 saturated heterocycles. The summed E-state index contributed by atoms with van der Waals surface area (Å²) in [6.07, 6.45) is -0.342. The number of ether oxygens (including phenoxy) is 1. The molecule has 27 heavy (non-hydrogen) atoms. The van der Waals surface area contributed by atoms with Crippen LogP contribution >= 0.6 is 0 Å². The number of morpholine rings is 1. The van der Waals surface area contributed by atoms with Gasteiger partial charge in [0.1, 0.15) is 6.67 Å². The molecule has 6 nitrogen and oxygen atoms in total. The highest BCUT2D eigenvalue weighted by Gasteiger charge is 2.31. The van der Waals surface area contributed by atoms with Crippen molar-refractivity contribution in [2.45, 2.75) is 11.0 Å². The summed E-state index contributed by atoms with van der Waals surface area (Å²) in [7, 11) is -3.78. The number of carbonyl (C=O) groups is 1. The smallest absolute Gasteiger partial charge is 0.251 e. The first kappa shape index (κ1) is 19.5. The second kappa shape index (κ2) is 8.60. The molecular formula is C19H21FN2O4S. The topological polar surface area (TPSA) is 75.7 Å². The predicted molar refractivity (Wildman–Crippen MR) is 98.6 cm³/mol. The molecule has 1 heterocycles. The van der Waals surface area contributed by atoms with Gasteiger partial charge in [-0.05, 0) is 23.8 Å². The zero-order valence-electron chi connectivity index (χ0n) is 14.7. The van der Waals surface area contributed by atoms with Crippen molar-refractivity contribution in [3.63, 3.8) is 0 Å². The molecule has 0 unspecified atom stereocenters. The van der Waals surface area contributed by atoms with Gasteiger partial charge in [-0.2, -0.15) is 4.31 Å². The van der Waals surface area contributed by atoms with E-state index in [0.717, 1.165) is 5.56 Å². The fourth-order valence-corrected chi connectivity index (χ4v) is 4.39. The summed E-state index contributed by atoms with van der Waals surface area (Å²) in [5.74, 6) is -0.506. The second-order valence-corrected chi connectivity index (χ2v) is 8.04. The van der Waals surface area contributed by atoms with Gasteiger partial charge in [0.2, 0.25) is 10.0 Å². The van der Waals surface area contributed by atoms with Gasteiger partial charge in [-0.1, -0.05) is 36.4 Å². The van der Waals surface area contributed by atoms with Crippen molar-refractivity contribution in [3.05, 3.63) is 65.7 Å². The van der Waals surface area contributed by atoms with Gasteiger partial charge in [0.15, 0.2) is 0 Å². The van der Waals surface area contributed by atoms with Gasteiger partial charge in [-0.15, -0.1) is 0 Å². The van der Waals surface area contributed by atoms with Crippen molar-refractivity contribution in [1.29, 1.82) is 0 Å². The fraction of sp³-hybridized carbons (Fsp3) is 0.316. The molecule has 1 N–H and O–H groups in total. The number of nitrogens with one attached hydrogen (secondary N) is 1. The van der Waals surface area contributed by atoms with Gasteiger partial charge in [-0.25, -0.2) is 12.8 Å². The number of nitrogens with zero attached hydrogens (tertiary/aromatic N) is 1. The number of amides is 1. The minimum absolute atomic E-state index is 0.0316.